The van der Waals surface area contributed by atoms with E-state index in [0.29, 0.717) is 12.6 Å². The van der Waals surface area contributed by atoms with Gasteiger partial charge in [0.15, 0.2) is 11.8 Å². The number of nitrogens with one attached hydrogen (secondary N) is 1. The van der Waals surface area contributed by atoms with E-state index < -0.39 is 0 Å². The van der Waals surface area contributed by atoms with Crippen molar-refractivity contribution in [1.29, 1.82) is 0 Å². The molecule has 4 rings (SSSR count). The van der Waals surface area contributed by atoms with Crippen molar-refractivity contribution < 1.29 is 0 Å². The molecular formula is C20H31N7S. The lowest BCUT2D eigenvalue weighted by Crippen LogP contribution is -2.53. The highest BCUT2D eigenvalue weighted by Crippen LogP contribution is 2.19. The van der Waals surface area contributed by atoms with Gasteiger partial charge in [-0.15, -0.1) is 21.5 Å². The largest absolute Gasteiger partial charge is 0.353 e. The summed E-state index contributed by atoms with van der Waals surface area (Å²) in [6, 6.07) is 4.93. The minimum absolute atomic E-state index is 0.559. The molecule has 3 heterocycles. The standard InChI is InChI=1S/C20H31N7S/c1-16-23-24-19(25(16)2)14-21-20(22-17-6-3-4-7-17)27-11-9-26(10-12-27)15-18-8-5-13-28-18/h5,8,13,17H,3-4,6-7,9-12,14-15H2,1-2H3,(H,21,22). The molecule has 2 aromatic rings. The maximum atomic E-state index is 4.95. The van der Waals surface area contributed by atoms with Crippen molar-refractivity contribution in [1.82, 2.24) is 29.9 Å². The Hall–Kier alpha value is -1.93. The summed E-state index contributed by atoms with van der Waals surface area (Å²) < 4.78 is 2.02. The Morgan fingerprint density at radius 1 is 1.21 bits per heavy atom. The van der Waals surface area contributed by atoms with Crippen LogP contribution in [0.1, 0.15) is 42.2 Å². The van der Waals surface area contributed by atoms with Crippen LogP contribution in [0, 0.1) is 6.92 Å². The average molecular weight is 402 g/mol. The monoisotopic (exact) mass is 401 g/mol. The molecule has 0 atom stereocenters. The van der Waals surface area contributed by atoms with Gasteiger partial charge in [-0.3, -0.25) is 4.90 Å². The molecule has 1 saturated carbocycles. The molecule has 8 heteroatoms. The van der Waals surface area contributed by atoms with Crippen molar-refractivity contribution in [2.24, 2.45) is 12.0 Å². The normalized spacial score (nSPS) is 19.5. The van der Waals surface area contributed by atoms with Crippen LogP contribution in [0.15, 0.2) is 22.5 Å². The van der Waals surface area contributed by atoms with E-state index in [0.717, 1.165) is 50.3 Å². The predicted octanol–water partition coefficient (Wildman–Crippen LogP) is 2.39. The van der Waals surface area contributed by atoms with Crippen LogP contribution in [0.25, 0.3) is 0 Å². The highest BCUT2D eigenvalue weighted by atomic mass is 32.1. The summed E-state index contributed by atoms with van der Waals surface area (Å²) in [5.74, 6) is 2.89. The van der Waals surface area contributed by atoms with E-state index in [2.05, 4.69) is 42.8 Å². The smallest absolute Gasteiger partial charge is 0.194 e. The van der Waals surface area contributed by atoms with E-state index in [9.17, 15) is 0 Å². The van der Waals surface area contributed by atoms with Crippen molar-refractivity contribution in [3.05, 3.63) is 34.0 Å². The maximum absolute atomic E-state index is 4.95. The third-order valence-electron chi connectivity index (χ3n) is 5.87. The maximum Gasteiger partial charge on any atom is 0.194 e. The Labute approximate surface area is 171 Å². The van der Waals surface area contributed by atoms with Crippen LogP contribution in [-0.2, 0) is 20.1 Å². The van der Waals surface area contributed by atoms with Crippen LogP contribution in [0.3, 0.4) is 0 Å². The molecule has 0 unspecified atom stereocenters. The first-order valence-electron chi connectivity index (χ1n) is 10.3. The number of hydrogen-bond acceptors (Lipinski definition) is 5. The summed E-state index contributed by atoms with van der Waals surface area (Å²) in [6.45, 7) is 7.79. The van der Waals surface area contributed by atoms with E-state index >= 15 is 0 Å². The van der Waals surface area contributed by atoms with E-state index in [4.69, 9.17) is 4.99 Å². The molecule has 0 amide bonds. The lowest BCUT2D eigenvalue weighted by Gasteiger charge is -2.37. The van der Waals surface area contributed by atoms with Gasteiger partial charge in [-0.1, -0.05) is 18.9 Å². The molecule has 1 aliphatic heterocycles. The van der Waals surface area contributed by atoms with E-state index in [1.807, 2.05) is 29.9 Å². The molecule has 28 heavy (non-hydrogen) atoms. The molecule has 2 aromatic heterocycles. The van der Waals surface area contributed by atoms with E-state index in [1.165, 1.54) is 30.6 Å². The molecule has 2 aliphatic rings. The summed E-state index contributed by atoms with van der Waals surface area (Å²) in [5.41, 5.74) is 0. The fourth-order valence-corrected chi connectivity index (χ4v) is 4.71. The second-order valence-electron chi connectivity index (χ2n) is 7.83. The second kappa shape index (κ2) is 9.05. The topological polar surface area (TPSA) is 61.6 Å². The number of nitrogens with zero attached hydrogens (tertiary/aromatic N) is 6. The summed E-state index contributed by atoms with van der Waals surface area (Å²) in [7, 11) is 2.01. The molecule has 0 aromatic carbocycles. The molecule has 1 saturated heterocycles. The van der Waals surface area contributed by atoms with Crippen LogP contribution >= 0.6 is 11.3 Å². The molecule has 2 fully saturated rings. The van der Waals surface area contributed by atoms with Gasteiger partial charge in [-0.25, -0.2) is 4.99 Å². The number of guanidine groups is 1. The van der Waals surface area contributed by atoms with Crippen LogP contribution in [0.5, 0.6) is 0 Å². The number of hydrogen-bond donors (Lipinski definition) is 1. The first-order valence-corrected chi connectivity index (χ1v) is 11.2. The first kappa shape index (κ1) is 19.4. The molecular weight excluding hydrogens is 370 g/mol. The number of thiophene rings is 1. The zero-order valence-electron chi connectivity index (χ0n) is 17.0. The van der Waals surface area contributed by atoms with Crippen molar-refractivity contribution >= 4 is 17.3 Å². The van der Waals surface area contributed by atoms with Gasteiger partial charge >= 0.3 is 0 Å². The quantitative estimate of drug-likeness (QED) is 0.616. The van der Waals surface area contributed by atoms with Crippen LogP contribution < -0.4 is 5.32 Å². The van der Waals surface area contributed by atoms with Gasteiger partial charge < -0.3 is 14.8 Å². The van der Waals surface area contributed by atoms with Crippen LogP contribution in [0.2, 0.25) is 0 Å². The van der Waals surface area contributed by atoms with Gasteiger partial charge in [0.1, 0.15) is 12.4 Å². The zero-order chi connectivity index (χ0) is 19.3. The van der Waals surface area contributed by atoms with Crippen molar-refractivity contribution in [3.8, 4) is 0 Å². The Kier molecular flexibility index (Phi) is 6.26. The van der Waals surface area contributed by atoms with Gasteiger partial charge in [0.05, 0.1) is 0 Å². The van der Waals surface area contributed by atoms with Crippen molar-refractivity contribution in [3.63, 3.8) is 0 Å². The van der Waals surface area contributed by atoms with Gasteiger partial charge in [-0.2, -0.15) is 0 Å². The molecule has 0 bridgehead atoms. The Bertz CT molecular complexity index is 769. The SMILES string of the molecule is Cc1nnc(CN=C(NC2CCCC2)N2CCN(Cc3cccs3)CC2)n1C. The third-order valence-corrected chi connectivity index (χ3v) is 6.73. The average Bonchev–Trinajstić information content (AvgIpc) is 3.46. The molecule has 0 spiro atoms. The molecule has 0 radical (unpaired) electrons. The molecule has 1 N–H and O–H groups in total. The lowest BCUT2D eigenvalue weighted by molar-refractivity contribution is 0.173. The fourth-order valence-electron chi connectivity index (χ4n) is 3.96. The van der Waals surface area contributed by atoms with E-state index in [1.54, 1.807) is 0 Å². The van der Waals surface area contributed by atoms with Crippen molar-refractivity contribution in [2.45, 2.75) is 51.7 Å². The number of aliphatic imine (C=N–C) groups is 1. The Morgan fingerprint density at radius 2 is 2.00 bits per heavy atom. The summed E-state index contributed by atoms with van der Waals surface area (Å²) in [4.78, 5) is 11.4. The molecule has 7 nitrogen and oxygen atoms in total. The third kappa shape index (κ3) is 4.72. The van der Waals surface area contributed by atoms with Crippen molar-refractivity contribution in [2.75, 3.05) is 26.2 Å². The van der Waals surface area contributed by atoms with Gasteiger partial charge in [0, 0.05) is 50.7 Å². The fraction of sp³-hybridized carbons (Fsp3) is 0.650. The number of rotatable bonds is 5. The van der Waals surface area contributed by atoms with Gasteiger partial charge in [0.25, 0.3) is 0 Å². The minimum atomic E-state index is 0.559. The Balaban J connectivity index is 1.40. The summed E-state index contributed by atoms with van der Waals surface area (Å²) in [5, 5.41) is 14.3. The second-order valence-corrected chi connectivity index (χ2v) is 8.86. The van der Waals surface area contributed by atoms with Gasteiger partial charge in [-0.05, 0) is 31.2 Å². The molecule has 1 aliphatic carbocycles. The number of aryl methyl sites for hydroxylation is 1. The summed E-state index contributed by atoms with van der Waals surface area (Å²) in [6.07, 6.45) is 5.14. The lowest BCUT2D eigenvalue weighted by atomic mass is 10.2. The van der Waals surface area contributed by atoms with Crippen LogP contribution in [-0.4, -0.2) is 62.7 Å². The predicted molar refractivity (Wildman–Crippen MR) is 113 cm³/mol. The highest BCUT2D eigenvalue weighted by molar-refractivity contribution is 7.09. The number of piperazine rings is 1. The van der Waals surface area contributed by atoms with Gasteiger partial charge in [0.2, 0.25) is 0 Å². The summed E-state index contributed by atoms with van der Waals surface area (Å²) >= 11 is 1.85. The minimum Gasteiger partial charge on any atom is -0.353 e. The first-order chi connectivity index (χ1) is 13.7. The number of aromatic nitrogens is 3. The molecule has 152 valence electrons. The highest BCUT2D eigenvalue weighted by Gasteiger charge is 2.23. The van der Waals surface area contributed by atoms with E-state index in [-0.39, 0.29) is 0 Å². The van der Waals surface area contributed by atoms with Crippen LogP contribution in [0.4, 0.5) is 0 Å². The Morgan fingerprint density at radius 3 is 2.64 bits per heavy atom. The zero-order valence-corrected chi connectivity index (χ0v) is 17.8.